The van der Waals surface area contributed by atoms with Crippen molar-refractivity contribution < 1.29 is 13.5 Å². The number of para-hydroxylation sites is 1. The fourth-order valence-electron chi connectivity index (χ4n) is 1.74. The fraction of sp³-hybridized carbons (Fsp3) is 0.455. The van der Waals surface area contributed by atoms with Crippen LogP contribution in [0.25, 0.3) is 0 Å². The summed E-state index contributed by atoms with van der Waals surface area (Å²) in [6.07, 6.45) is 0.763. The Labute approximate surface area is 87.2 Å². The van der Waals surface area contributed by atoms with E-state index in [1.165, 1.54) is 18.2 Å². The maximum atomic E-state index is 13.3. The van der Waals surface area contributed by atoms with E-state index in [2.05, 4.69) is 5.32 Å². The fourth-order valence-corrected chi connectivity index (χ4v) is 1.74. The molecule has 2 rings (SSSR count). The smallest absolute Gasteiger partial charge is 0.149 e. The van der Waals surface area contributed by atoms with Crippen molar-refractivity contribution >= 4 is 5.69 Å². The summed E-state index contributed by atoms with van der Waals surface area (Å²) in [6.45, 7) is 2.53. The molecule has 2 nitrogen and oxygen atoms in total. The third kappa shape index (κ3) is 2.09. The molecule has 0 aliphatic carbocycles. The van der Waals surface area contributed by atoms with Gasteiger partial charge in [-0.25, -0.2) is 8.78 Å². The SMILES string of the molecule is CC1OCCC1Nc1c(F)cccc1F. The number of anilines is 1. The molecular formula is C11H13F2NO. The van der Waals surface area contributed by atoms with Crippen molar-refractivity contribution in [1.29, 1.82) is 0 Å². The molecule has 2 atom stereocenters. The van der Waals surface area contributed by atoms with Gasteiger partial charge in [0, 0.05) is 6.61 Å². The first-order valence-corrected chi connectivity index (χ1v) is 5.00. The van der Waals surface area contributed by atoms with E-state index in [-0.39, 0.29) is 17.8 Å². The van der Waals surface area contributed by atoms with Crippen LogP contribution in [0.15, 0.2) is 18.2 Å². The molecule has 1 N–H and O–H groups in total. The second-order valence-electron chi connectivity index (χ2n) is 3.71. The summed E-state index contributed by atoms with van der Waals surface area (Å²) < 4.78 is 31.9. The van der Waals surface area contributed by atoms with Crippen molar-refractivity contribution in [1.82, 2.24) is 0 Å². The Hall–Kier alpha value is -1.16. The van der Waals surface area contributed by atoms with Gasteiger partial charge in [0.1, 0.15) is 17.3 Å². The maximum Gasteiger partial charge on any atom is 0.149 e. The molecule has 1 aromatic carbocycles. The van der Waals surface area contributed by atoms with Crippen molar-refractivity contribution in [2.45, 2.75) is 25.5 Å². The summed E-state index contributed by atoms with van der Waals surface area (Å²) in [6, 6.07) is 3.82. The zero-order valence-electron chi connectivity index (χ0n) is 8.47. The van der Waals surface area contributed by atoms with E-state index in [0.717, 1.165) is 6.42 Å². The Morgan fingerprint density at radius 3 is 2.53 bits per heavy atom. The third-order valence-corrected chi connectivity index (χ3v) is 2.67. The third-order valence-electron chi connectivity index (χ3n) is 2.67. The number of ether oxygens (including phenoxy) is 1. The van der Waals surface area contributed by atoms with Gasteiger partial charge < -0.3 is 10.1 Å². The Bertz CT molecular complexity index is 336. The summed E-state index contributed by atoms with van der Waals surface area (Å²) >= 11 is 0. The lowest BCUT2D eigenvalue weighted by Crippen LogP contribution is -2.27. The number of halogens is 2. The van der Waals surface area contributed by atoms with Crippen LogP contribution in [0, 0.1) is 11.6 Å². The number of nitrogens with one attached hydrogen (secondary N) is 1. The molecule has 15 heavy (non-hydrogen) atoms. The number of rotatable bonds is 2. The van der Waals surface area contributed by atoms with Crippen LogP contribution in [0.1, 0.15) is 13.3 Å². The van der Waals surface area contributed by atoms with Gasteiger partial charge in [0.2, 0.25) is 0 Å². The highest BCUT2D eigenvalue weighted by Crippen LogP contribution is 2.23. The molecule has 1 aliphatic rings. The second-order valence-corrected chi connectivity index (χ2v) is 3.71. The van der Waals surface area contributed by atoms with E-state index >= 15 is 0 Å². The number of hydrogen-bond acceptors (Lipinski definition) is 2. The van der Waals surface area contributed by atoms with Gasteiger partial charge in [0.05, 0.1) is 12.1 Å². The van der Waals surface area contributed by atoms with Gasteiger partial charge >= 0.3 is 0 Å². The predicted molar refractivity (Wildman–Crippen MR) is 53.8 cm³/mol. The van der Waals surface area contributed by atoms with Crippen molar-refractivity contribution in [3.05, 3.63) is 29.8 Å². The molecule has 0 spiro atoms. The molecule has 1 fully saturated rings. The highest BCUT2D eigenvalue weighted by Gasteiger charge is 2.25. The van der Waals surface area contributed by atoms with Gasteiger partial charge in [-0.1, -0.05) is 6.07 Å². The Balaban J connectivity index is 2.16. The lowest BCUT2D eigenvalue weighted by Gasteiger charge is -2.18. The standard InChI is InChI=1S/C11H13F2NO/c1-7-10(5-6-15-7)14-11-8(12)3-2-4-9(11)13/h2-4,7,10,14H,5-6H2,1H3. The van der Waals surface area contributed by atoms with E-state index in [9.17, 15) is 8.78 Å². The van der Waals surface area contributed by atoms with E-state index in [1.807, 2.05) is 6.92 Å². The molecule has 0 saturated carbocycles. The molecule has 0 amide bonds. The normalized spacial score (nSPS) is 25.5. The largest absolute Gasteiger partial charge is 0.376 e. The van der Waals surface area contributed by atoms with E-state index in [1.54, 1.807) is 0 Å². The highest BCUT2D eigenvalue weighted by molar-refractivity contribution is 5.47. The van der Waals surface area contributed by atoms with Crippen LogP contribution in [0.4, 0.5) is 14.5 Å². The molecule has 1 aromatic rings. The summed E-state index contributed by atoms with van der Waals surface area (Å²) in [5.74, 6) is -1.12. The predicted octanol–water partition coefficient (Wildman–Crippen LogP) is 2.55. The van der Waals surface area contributed by atoms with Crippen molar-refractivity contribution in [3.8, 4) is 0 Å². The Morgan fingerprint density at radius 2 is 2.00 bits per heavy atom. The molecule has 4 heteroatoms. The molecule has 1 heterocycles. The minimum absolute atomic E-state index is 0.0102. The van der Waals surface area contributed by atoms with E-state index < -0.39 is 11.6 Å². The minimum atomic E-state index is -0.561. The van der Waals surface area contributed by atoms with Crippen LogP contribution in [0.2, 0.25) is 0 Å². The van der Waals surface area contributed by atoms with Crippen LogP contribution in [-0.2, 0) is 4.74 Å². The molecule has 82 valence electrons. The molecule has 1 aliphatic heterocycles. The topological polar surface area (TPSA) is 21.3 Å². The molecule has 0 bridgehead atoms. The summed E-state index contributed by atoms with van der Waals surface area (Å²) in [4.78, 5) is 0. The quantitative estimate of drug-likeness (QED) is 0.815. The zero-order valence-corrected chi connectivity index (χ0v) is 8.47. The maximum absolute atomic E-state index is 13.3. The first kappa shape index (κ1) is 10.4. The van der Waals surface area contributed by atoms with Crippen molar-refractivity contribution in [3.63, 3.8) is 0 Å². The van der Waals surface area contributed by atoms with Gasteiger partial charge in [0.15, 0.2) is 0 Å². The van der Waals surface area contributed by atoms with E-state index in [0.29, 0.717) is 6.61 Å². The van der Waals surface area contributed by atoms with Gasteiger partial charge in [-0.05, 0) is 25.5 Å². The van der Waals surface area contributed by atoms with Crippen molar-refractivity contribution in [2.24, 2.45) is 0 Å². The lowest BCUT2D eigenvalue weighted by molar-refractivity contribution is 0.121. The first-order valence-electron chi connectivity index (χ1n) is 5.00. The average Bonchev–Trinajstić information content (AvgIpc) is 2.58. The molecule has 0 aromatic heterocycles. The van der Waals surface area contributed by atoms with Gasteiger partial charge in [-0.15, -0.1) is 0 Å². The van der Waals surface area contributed by atoms with Crippen LogP contribution >= 0.6 is 0 Å². The van der Waals surface area contributed by atoms with E-state index in [4.69, 9.17) is 4.74 Å². The average molecular weight is 213 g/mol. The summed E-state index contributed by atoms with van der Waals surface area (Å²) in [5, 5.41) is 2.85. The Morgan fingerprint density at radius 1 is 1.33 bits per heavy atom. The molecule has 1 saturated heterocycles. The van der Waals surface area contributed by atoms with Gasteiger partial charge in [0.25, 0.3) is 0 Å². The van der Waals surface area contributed by atoms with Crippen LogP contribution < -0.4 is 5.32 Å². The van der Waals surface area contributed by atoms with Gasteiger partial charge in [-0.3, -0.25) is 0 Å². The lowest BCUT2D eigenvalue weighted by atomic mass is 10.1. The summed E-state index contributed by atoms with van der Waals surface area (Å²) in [7, 11) is 0. The van der Waals surface area contributed by atoms with Crippen LogP contribution in [-0.4, -0.2) is 18.8 Å². The first-order chi connectivity index (χ1) is 7.18. The molecule has 0 radical (unpaired) electrons. The highest BCUT2D eigenvalue weighted by atomic mass is 19.1. The monoisotopic (exact) mass is 213 g/mol. The minimum Gasteiger partial charge on any atom is -0.376 e. The van der Waals surface area contributed by atoms with Crippen LogP contribution in [0.3, 0.4) is 0 Å². The van der Waals surface area contributed by atoms with Gasteiger partial charge in [-0.2, -0.15) is 0 Å². The number of hydrogen-bond donors (Lipinski definition) is 1. The zero-order chi connectivity index (χ0) is 10.8. The second kappa shape index (κ2) is 4.14. The summed E-state index contributed by atoms with van der Waals surface area (Å²) in [5.41, 5.74) is -0.0557. The molecule has 2 unspecified atom stereocenters. The Kier molecular flexibility index (Phi) is 2.86. The van der Waals surface area contributed by atoms with Crippen LogP contribution in [0.5, 0.6) is 0 Å². The number of benzene rings is 1. The molecular weight excluding hydrogens is 200 g/mol. The van der Waals surface area contributed by atoms with Crippen molar-refractivity contribution in [2.75, 3.05) is 11.9 Å².